The Morgan fingerprint density at radius 1 is 1.00 bits per heavy atom. The zero-order valence-electron chi connectivity index (χ0n) is 7.55. The van der Waals surface area contributed by atoms with E-state index in [0.29, 0.717) is 0 Å². The molecule has 0 aromatic rings. The predicted molar refractivity (Wildman–Crippen MR) is 49.8 cm³/mol. The molecule has 0 radical (unpaired) electrons. The Bertz CT molecular complexity index is 86.9. The fourth-order valence-electron chi connectivity index (χ4n) is 1.12. The number of aliphatic hydroxyl groups is 1. The minimum absolute atomic E-state index is 1.03. The number of allylic oxidation sites excluding steroid dienone is 1. The Morgan fingerprint density at radius 3 is 2.27 bits per heavy atom. The number of rotatable bonds is 7. The van der Waals surface area contributed by atoms with Gasteiger partial charge in [-0.05, 0) is 12.8 Å². The molecule has 0 aromatic carbocycles. The molecule has 1 N–H and O–H groups in total. The lowest BCUT2D eigenvalue weighted by Gasteiger charge is -1.96. The van der Waals surface area contributed by atoms with Crippen molar-refractivity contribution in [2.75, 3.05) is 0 Å². The molecule has 0 fully saturated rings. The lowest BCUT2D eigenvalue weighted by atomic mass is 10.1. The summed E-state index contributed by atoms with van der Waals surface area (Å²) < 4.78 is 0. The first-order valence-electron chi connectivity index (χ1n) is 4.71. The van der Waals surface area contributed by atoms with Gasteiger partial charge in [0.05, 0.1) is 6.26 Å². The summed E-state index contributed by atoms with van der Waals surface area (Å²) in [7, 11) is 0. The molecule has 11 heavy (non-hydrogen) atoms. The fourth-order valence-corrected chi connectivity index (χ4v) is 1.12. The number of hydrogen-bond acceptors (Lipinski definition) is 1. The molecule has 0 unspecified atom stereocenters. The molecule has 0 saturated carbocycles. The monoisotopic (exact) mass is 156 g/mol. The van der Waals surface area contributed by atoms with Crippen molar-refractivity contribution in [3.63, 3.8) is 0 Å². The molecule has 0 aliphatic carbocycles. The van der Waals surface area contributed by atoms with E-state index in [1.165, 1.54) is 38.5 Å². The summed E-state index contributed by atoms with van der Waals surface area (Å²) in [5, 5.41) is 8.33. The second-order valence-corrected chi connectivity index (χ2v) is 2.94. The molecule has 1 nitrogen and oxygen atoms in total. The van der Waals surface area contributed by atoms with Gasteiger partial charge >= 0.3 is 0 Å². The molecule has 0 aliphatic heterocycles. The van der Waals surface area contributed by atoms with Gasteiger partial charge in [-0.15, -0.1) is 0 Å². The van der Waals surface area contributed by atoms with Crippen LogP contribution in [0.5, 0.6) is 0 Å². The van der Waals surface area contributed by atoms with Crippen LogP contribution >= 0.6 is 0 Å². The zero-order valence-corrected chi connectivity index (χ0v) is 7.55. The second-order valence-electron chi connectivity index (χ2n) is 2.94. The third-order valence-electron chi connectivity index (χ3n) is 1.83. The van der Waals surface area contributed by atoms with Crippen LogP contribution in [0.2, 0.25) is 0 Å². The molecule has 0 aromatic heterocycles. The van der Waals surface area contributed by atoms with Gasteiger partial charge in [0.2, 0.25) is 0 Å². The van der Waals surface area contributed by atoms with Gasteiger partial charge in [-0.1, -0.05) is 45.1 Å². The Labute approximate surface area is 70.1 Å². The second kappa shape index (κ2) is 9.54. The summed E-state index contributed by atoms with van der Waals surface area (Å²) in [6, 6.07) is 0. The van der Waals surface area contributed by atoms with Crippen LogP contribution in [0.1, 0.15) is 51.9 Å². The Hall–Kier alpha value is -0.460. The smallest absolute Gasteiger partial charge is 0.0751 e. The highest BCUT2D eigenvalue weighted by molar-refractivity contribution is 4.70. The molecule has 0 rings (SSSR count). The van der Waals surface area contributed by atoms with E-state index in [1.807, 2.05) is 6.08 Å². The fraction of sp³-hybridized carbons (Fsp3) is 0.800. The summed E-state index contributed by atoms with van der Waals surface area (Å²) in [6.07, 6.45) is 11.9. The van der Waals surface area contributed by atoms with Crippen molar-refractivity contribution in [2.24, 2.45) is 0 Å². The van der Waals surface area contributed by atoms with Crippen molar-refractivity contribution in [3.8, 4) is 0 Å². The van der Waals surface area contributed by atoms with Crippen molar-refractivity contribution in [1.29, 1.82) is 0 Å². The molecule has 0 heterocycles. The Kier molecular flexibility index (Phi) is 9.14. The summed E-state index contributed by atoms with van der Waals surface area (Å²) in [4.78, 5) is 0. The molecule has 1 heteroatoms. The maximum absolute atomic E-state index is 8.33. The molecule has 66 valence electrons. The first-order chi connectivity index (χ1) is 5.41. The van der Waals surface area contributed by atoms with Crippen LogP contribution in [0.25, 0.3) is 0 Å². The Balaban J connectivity index is 2.79. The molecular formula is C10H20O. The number of unbranched alkanes of at least 4 members (excludes halogenated alkanes) is 6. The standard InChI is InChI=1S/C10H20O/c1-2-3-4-5-6-7-8-9-10-11/h9-11H,2-8H2,1H3/b10-9-. The summed E-state index contributed by atoms with van der Waals surface area (Å²) in [5.74, 6) is 0. The lowest BCUT2D eigenvalue weighted by molar-refractivity contribution is 0.469. The van der Waals surface area contributed by atoms with E-state index >= 15 is 0 Å². The minimum atomic E-state index is 1.03. The SMILES string of the molecule is CCCCCCCC/C=C\O. The van der Waals surface area contributed by atoms with Crippen molar-refractivity contribution < 1.29 is 5.11 Å². The van der Waals surface area contributed by atoms with Crippen molar-refractivity contribution in [1.82, 2.24) is 0 Å². The first kappa shape index (κ1) is 10.5. The van der Waals surface area contributed by atoms with E-state index in [1.54, 1.807) is 0 Å². The molecule has 0 bridgehead atoms. The van der Waals surface area contributed by atoms with Crippen LogP contribution in [0.15, 0.2) is 12.3 Å². The Morgan fingerprint density at radius 2 is 1.64 bits per heavy atom. The van der Waals surface area contributed by atoms with Crippen LogP contribution in [-0.4, -0.2) is 5.11 Å². The molecule has 0 atom stereocenters. The van der Waals surface area contributed by atoms with Crippen LogP contribution < -0.4 is 0 Å². The van der Waals surface area contributed by atoms with Crippen molar-refractivity contribution in [3.05, 3.63) is 12.3 Å². The van der Waals surface area contributed by atoms with Crippen molar-refractivity contribution >= 4 is 0 Å². The van der Waals surface area contributed by atoms with E-state index in [0.717, 1.165) is 12.7 Å². The highest BCUT2D eigenvalue weighted by Crippen LogP contribution is 2.06. The molecule has 0 spiro atoms. The topological polar surface area (TPSA) is 20.2 Å². The van der Waals surface area contributed by atoms with Gasteiger partial charge in [0.1, 0.15) is 0 Å². The summed E-state index contributed by atoms with van der Waals surface area (Å²) >= 11 is 0. The average Bonchev–Trinajstić information content (AvgIpc) is 2.03. The van der Waals surface area contributed by atoms with E-state index < -0.39 is 0 Å². The quantitative estimate of drug-likeness (QED) is 0.439. The van der Waals surface area contributed by atoms with Gasteiger partial charge < -0.3 is 5.11 Å². The zero-order chi connectivity index (χ0) is 8.36. The number of aliphatic hydroxyl groups excluding tert-OH is 1. The van der Waals surface area contributed by atoms with E-state index in [2.05, 4.69) is 6.92 Å². The van der Waals surface area contributed by atoms with Gasteiger partial charge in [-0.3, -0.25) is 0 Å². The molecule has 0 aliphatic rings. The van der Waals surface area contributed by atoms with Crippen LogP contribution in [0.4, 0.5) is 0 Å². The van der Waals surface area contributed by atoms with Gasteiger partial charge in [0.25, 0.3) is 0 Å². The third kappa shape index (κ3) is 9.54. The van der Waals surface area contributed by atoms with E-state index in [-0.39, 0.29) is 0 Å². The predicted octanol–water partition coefficient (Wildman–Crippen LogP) is 3.81. The maximum atomic E-state index is 8.33. The van der Waals surface area contributed by atoms with Crippen LogP contribution in [0.3, 0.4) is 0 Å². The molecular weight excluding hydrogens is 136 g/mol. The van der Waals surface area contributed by atoms with E-state index in [4.69, 9.17) is 5.11 Å². The minimum Gasteiger partial charge on any atom is -0.516 e. The van der Waals surface area contributed by atoms with Crippen molar-refractivity contribution in [2.45, 2.75) is 51.9 Å². The summed E-state index contributed by atoms with van der Waals surface area (Å²) in [5.41, 5.74) is 0. The molecule has 0 amide bonds. The highest BCUT2D eigenvalue weighted by Gasteiger charge is 1.87. The lowest BCUT2D eigenvalue weighted by Crippen LogP contribution is -1.77. The van der Waals surface area contributed by atoms with E-state index in [9.17, 15) is 0 Å². The first-order valence-corrected chi connectivity index (χ1v) is 4.71. The highest BCUT2D eigenvalue weighted by atomic mass is 16.2. The maximum Gasteiger partial charge on any atom is 0.0751 e. The molecule has 0 saturated heterocycles. The normalized spacial score (nSPS) is 11.0. The summed E-state index contributed by atoms with van der Waals surface area (Å²) in [6.45, 7) is 2.23. The largest absolute Gasteiger partial charge is 0.516 e. The van der Waals surface area contributed by atoms with Gasteiger partial charge in [0.15, 0.2) is 0 Å². The van der Waals surface area contributed by atoms with Gasteiger partial charge in [-0.2, -0.15) is 0 Å². The van der Waals surface area contributed by atoms with Gasteiger partial charge in [0, 0.05) is 0 Å². The van der Waals surface area contributed by atoms with Gasteiger partial charge in [-0.25, -0.2) is 0 Å². The van der Waals surface area contributed by atoms with Crippen LogP contribution in [-0.2, 0) is 0 Å². The average molecular weight is 156 g/mol. The number of hydrogen-bond donors (Lipinski definition) is 1. The third-order valence-corrected chi connectivity index (χ3v) is 1.83. The van der Waals surface area contributed by atoms with Crippen LogP contribution in [0, 0.1) is 0 Å².